The molecule has 0 atom stereocenters. The largest absolute Gasteiger partial charge is 0.330 e. The highest BCUT2D eigenvalue weighted by Crippen LogP contribution is 2.38. The zero-order valence-electron chi connectivity index (χ0n) is 10.5. The Morgan fingerprint density at radius 3 is 3.00 bits per heavy atom. The molecule has 0 bridgehead atoms. The summed E-state index contributed by atoms with van der Waals surface area (Å²) in [6.45, 7) is 0.754. The van der Waals surface area contributed by atoms with E-state index >= 15 is 0 Å². The minimum atomic E-state index is 0.676. The number of imidazole rings is 1. The molecule has 1 aliphatic rings. The minimum absolute atomic E-state index is 0.676. The van der Waals surface area contributed by atoms with Crippen molar-refractivity contribution in [2.45, 2.75) is 31.7 Å². The summed E-state index contributed by atoms with van der Waals surface area (Å²) in [7, 11) is 0. The lowest BCUT2D eigenvalue weighted by atomic mass is 10.0. The van der Waals surface area contributed by atoms with Crippen LogP contribution in [0.4, 0.5) is 0 Å². The fourth-order valence-corrected chi connectivity index (χ4v) is 2.36. The van der Waals surface area contributed by atoms with Gasteiger partial charge in [-0.05, 0) is 43.9 Å². The number of nitrogens with zero attached hydrogens (tertiary/aromatic N) is 2. The standard InChI is InChI=1S/C15H19N3/c16-8-2-4-12-3-1-5-13(9-12)15-10-17-11-18(15)14-6-7-14/h1,3,5,9-11,14H,2,4,6-8,16H2. The number of rotatable bonds is 5. The van der Waals surface area contributed by atoms with E-state index in [0.717, 1.165) is 19.4 Å². The molecule has 18 heavy (non-hydrogen) atoms. The second-order valence-corrected chi connectivity index (χ2v) is 5.01. The Kier molecular flexibility index (Phi) is 3.15. The van der Waals surface area contributed by atoms with Crippen molar-refractivity contribution in [1.29, 1.82) is 0 Å². The van der Waals surface area contributed by atoms with Gasteiger partial charge in [-0.1, -0.05) is 18.2 Å². The summed E-state index contributed by atoms with van der Waals surface area (Å²) in [5.74, 6) is 0. The van der Waals surface area contributed by atoms with Gasteiger partial charge in [0, 0.05) is 11.6 Å². The molecule has 1 aromatic heterocycles. The topological polar surface area (TPSA) is 43.8 Å². The SMILES string of the molecule is NCCCc1cccc(-c2cncn2C2CC2)c1. The number of hydrogen-bond acceptors (Lipinski definition) is 2. The second kappa shape index (κ2) is 4.94. The van der Waals surface area contributed by atoms with Gasteiger partial charge in [-0.2, -0.15) is 0 Å². The molecule has 1 aliphatic carbocycles. The lowest BCUT2D eigenvalue weighted by molar-refractivity contribution is 0.747. The van der Waals surface area contributed by atoms with Crippen LogP contribution in [0.25, 0.3) is 11.3 Å². The fourth-order valence-electron chi connectivity index (χ4n) is 2.36. The minimum Gasteiger partial charge on any atom is -0.330 e. The van der Waals surface area contributed by atoms with Crippen LogP contribution in [0.2, 0.25) is 0 Å². The molecule has 2 aromatic rings. The number of nitrogens with two attached hydrogens (primary N) is 1. The van der Waals surface area contributed by atoms with Gasteiger partial charge in [-0.25, -0.2) is 4.98 Å². The quantitative estimate of drug-likeness (QED) is 0.874. The van der Waals surface area contributed by atoms with E-state index in [9.17, 15) is 0 Å². The predicted molar refractivity (Wildman–Crippen MR) is 73.3 cm³/mol. The lowest BCUT2D eigenvalue weighted by Gasteiger charge is -2.08. The lowest BCUT2D eigenvalue weighted by Crippen LogP contribution is -2.00. The molecule has 0 spiro atoms. The van der Waals surface area contributed by atoms with Crippen molar-refractivity contribution in [3.8, 4) is 11.3 Å². The first-order valence-corrected chi connectivity index (χ1v) is 6.69. The zero-order valence-corrected chi connectivity index (χ0v) is 10.5. The highest BCUT2D eigenvalue weighted by Gasteiger charge is 2.25. The van der Waals surface area contributed by atoms with Gasteiger partial charge in [0.2, 0.25) is 0 Å². The van der Waals surface area contributed by atoms with Crippen molar-refractivity contribution in [3.05, 3.63) is 42.4 Å². The molecule has 0 aliphatic heterocycles. The fraction of sp³-hybridized carbons (Fsp3) is 0.400. The molecule has 0 saturated heterocycles. The van der Waals surface area contributed by atoms with E-state index in [-0.39, 0.29) is 0 Å². The first-order valence-electron chi connectivity index (χ1n) is 6.69. The van der Waals surface area contributed by atoms with Crippen molar-refractivity contribution < 1.29 is 0 Å². The number of hydrogen-bond donors (Lipinski definition) is 1. The van der Waals surface area contributed by atoms with Crippen molar-refractivity contribution >= 4 is 0 Å². The molecular weight excluding hydrogens is 222 g/mol. The third-order valence-corrected chi connectivity index (χ3v) is 3.50. The van der Waals surface area contributed by atoms with Crippen LogP contribution in [-0.2, 0) is 6.42 Å². The molecular formula is C15H19N3. The van der Waals surface area contributed by atoms with Crippen molar-refractivity contribution in [2.24, 2.45) is 5.73 Å². The zero-order chi connectivity index (χ0) is 12.4. The van der Waals surface area contributed by atoms with Gasteiger partial charge in [0.25, 0.3) is 0 Å². The third kappa shape index (κ3) is 2.31. The molecule has 3 nitrogen and oxygen atoms in total. The maximum Gasteiger partial charge on any atom is 0.0953 e. The number of aromatic nitrogens is 2. The van der Waals surface area contributed by atoms with Crippen molar-refractivity contribution in [1.82, 2.24) is 9.55 Å². The first kappa shape index (κ1) is 11.5. The van der Waals surface area contributed by atoms with Gasteiger partial charge in [0.1, 0.15) is 0 Å². The van der Waals surface area contributed by atoms with Crippen LogP contribution < -0.4 is 5.73 Å². The molecule has 0 unspecified atom stereocenters. The van der Waals surface area contributed by atoms with Gasteiger partial charge >= 0.3 is 0 Å². The molecule has 1 saturated carbocycles. The summed E-state index contributed by atoms with van der Waals surface area (Å²) in [6.07, 6.45) is 8.61. The van der Waals surface area contributed by atoms with E-state index in [0.29, 0.717) is 6.04 Å². The van der Waals surface area contributed by atoms with Gasteiger partial charge in [-0.15, -0.1) is 0 Å². The van der Waals surface area contributed by atoms with Crippen LogP contribution in [-0.4, -0.2) is 16.1 Å². The third-order valence-electron chi connectivity index (χ3n) is 3.50. The van der Waals surface area contributed by atoms with Crippen LogP contribution in [0.1, 0.15) is 30.9 Å². The molecule has 0 radical (unpaired) electrons. The highest BCUT2D eigenvalue weighted by atomic mass is 15.1. The Bertz CT molecular complexity index is 526. The smallest absolute Gasteiger partial charge is 0.0953 e. The van der Waals surface area contributed by atoms with Crippen LogP contribution in [0.5, 0.6) is 0 Å². The monoisotopic (exact) mass is 241 g/mol. The van der Waals surface area contributed by atoms with E-state index in [1.54, 1.807) is 0 Å². The van der Waals surface area contributed by atoms with Crippen molar-refractivity contribution in [3.63, 3.8) is 0 Å². The average Bonchev–Trinajstić information content (AvgIpc) is 3.14. The molecule has 1 aromatic carbocycles. The summed E-state index contributed by atoms with van der Waals surface area (Å²) in [4.78, 5) is 4.29. The van der Waals surface area contributed by atoms with Crippen LogP contribution in [0, 0.1) is 0 Å². The molecule has 2 N–H and O–H groups in total. The average molecular weight is 241 g/mol. The first-order chi connectivity index (χ1) is 8.88. The Morgan fingerprint density at radius 1 is 1.33 bits per heavy atom. The van der Waals surface area contributed by atoms with Crippen molar-refractivity contribution in [2.75, 3.05) is 6.54 Å². The molecule has 1 fully saturated rings. The van der Waals surface area contributed by atoms with E-state index < -0.39 is 0 Å². The highest BCUT2D eigenvalue weighted by molar-refractivity contribution is 5.60. The second-order valence-electron chi connectivity index (χ2n) is 5.01. The van der Waals surface area contributed by atoms with E-state index in [1.165, 1.54) is 29.7 Å². The molecule has 0 amide bonds. The van der Waals surface area contributed by atoms with E-state index in [4.69, 9.17) is 5.73 Å². The van der Waals surface area contributed by atoms with Gasteiger partial charge in [-0.3, -0.25) is 0 Å². The molecule has 1 heterocycles. The normalized spacial score (nSPS) is 14.9. The molecule has 3 rings (SSSR count). The summed E-state index contributed by atoms with van der Waals surface area (Å²) < 4.78 is 2.31. The maximum atomic E-state index is 5.57. The van der Waals surface area contributed by atoms with Gasteiger partial charge in [0.15, 0.2) is 0 Å². The van der Waals surface area contributed by atoms with Crippen LogP contribution in [0.15, 0.2) is 36.8 Å². The van der Waals surface area contributed by atoms with Crippen LogP contribution >= 0.6 is 0 Å². The maximum absolute atomic E-state index is 5.57. The Balaban J connectivity index is 1.88. The molecule has 94 valence electrons. The number of aryl methyl sites for hydroxylation is 1. The number of benzene rings is 1. The summed E-state index contributed by atoms with van der Waals surface area (Å²) in [6, 6.07) is 9.42. The predicted octanol–water partition coefficient (Wildman–Crippen LogP) is 2.78. The summed E-state index contributed by atoms with van der Waals surface area (Å²) in [5, 5.41) is 0. The summed E-state index contributed by atoms with van der Waals surface area (Å²) >= 11 is 0. The van der Waals surface area contributed by atoms with Gasteiger partial charge in [0.05, 0.1) is 18.2 Å². The van der Waals surface area contributed by atoms with E-state index in [1.807, 2.05) is 12.5 Å². The summed E-state index contributed by atoms with van der Waals surface area (Å²) in [5.41, 5.74) is 9.44. The Morgan fingerprint density at radius 2 is 2.22 bits per heavy atom. The Hall–Kier alpha value is -1.61. The molecule has 3 heteroatoms. The Labute approximate surface area is 108 Å². The van der Waals surface area contributed by atoms with E-state index in [2.05, 4.69) is 33.8 Å². The van der Waals surface area contributed by atoms with Gasteiger partial charge < -0.3 is 10.3 Å². The van der Waals surface area contributed by atoms with Crippen LogP contribution in [0.3, 0.4) is 0 Å².